The molecular weight excluding hydrogens is 249 g/mol. The Morgan fingerprint density at radius 2 is 2.28 bits per heavy atom. The monoisotopic (exact) mass is 263 g/mol. The largest absolute Gasteiger partial charge is 0.205 e. The van der Waals surface area contributed by atoms with E-state index in [1.165, 1.54) is 18.9 Å². The van der Waals surface area contributed by atoms with Crippen LogP contribution in [-0.4, -0.2) is 0 Å². The second kappa shape index (κ2) is 4.24. The van der Waals surface area contributed by atoms with Gasteiger partial charge in [-0.25, -0.2) is 4.39 Å². The van der Waals surface area contributed by atoms with Crippen LogP contribution >= 0.6 is 11.6 Å². The second-order valence-corrected chi connectivity index (χ2v) is 6.18. The Balaban J connectivity index is 1.87. The minimum absolute atomic E-state index is 0.151. The predicted octanol–water partition coefficient (Wildman–Crippen LogP) is 4.35. The number of rotatable bonds is 2. The van der Waals surface area contributed by atoms with Crippen molar-refractivity contribution in [3.63, 3.8) is 0 Å². The topological polar surface area (TPSA) is 23.8 Å². The maximum Gasteiger partial charge on any atom is 0.142 e. The second-order valence-electron chi connectivity index (χ2n) is 5.77. The zero-order valence-corrected chi connectivity index (χ0v) is 10.9. The molecule has 3 rings (SSSR count). The van der Waals surface area contributed by atoms with Crippen LogP contribution in [-0.2, 0) is 6.42 Å². The molecule has 0 aliphatic heterocycles. The first-order valence-corrected chi connectivity index (χ1v) is 6.86. The first kappa shape index (κ1) is 12.0. The Morgan fingerprint density at radius 3 is 2.83 bits per heavy atom. The summed E-state index contributed by atoms with van der Waals surface area (Å²) in [7, 11) is 0. The Morgan fingerprint density at radius 1 is 1.44 bits per heavy atom. The van der Waals surface area contributed by atoms with Crippen molar-refractivity contribution in [3.05, 3.63) is 34.6 Å². The molecule has 0 amide bonds. The summed E-state index contributed by atoms with van der Waals surface area (Å²) in [6.45, 7) is 0. The third-order valence-electron chi connectivity index (χ3n) is 4.70. The summed E-state index contributed by atoms with van der Waals surface area (Å²) < 4.78 is 13.5. The van der Waals surface area contributed by atoms with Crippen LogP contribution in [0.2, 0.25) is 5.02 Å². The molecule has 2 fully saturated rings. The van der Waals surface area contributed by atoms with E-state index in [0.717, 1.165) is 18.4 Å². The maximum atomic E-state index is 13.5. The van der Waals surface area contributed by atoms with Crippen LogP contribution in [0.3, 0.4) is 0 Å². The van der Waals surface area contributed by atoms with Gasteiger partial charge in [0.1, 0.15) is 5.82 Å². The van der Waals surface area contributed by atoms with Crippen molar-refractivity contribution in [2.75, 3.05) is 0 Å². The van der Waals surface area contributed by atoms with Crippen molar-refractivity contribution in [2.24, 2.45) is 17.3 Å². The molecule has 1 aromatic rings. The van der Waals surface area contributed by atoms with Crippen molar-refractivity contribution in [1.82, 2.24) is 0 Å². The predicted molar refractivity (Wildman–Crippen MR) is 68.6 cm³/mol. The summed E-state index contributed by atoms with van der Waals surface area (Å²) in [5.74, 6) is 0.837. The van der Waals surface area contributed by atoms with Crippen molar-refractivity contribution in [3.8, 4) is 6.07 Å². The third-order valence-corrected chi connectivity index (χ3v) is 5.01. The van der Waals surface area contributed by atoms with E-state index in [2.05, 4.69) is 6.07 Å². The van der Waals surface area contributed by atoms with Gasteiger partial charge >= 0.3 is 0 Å². The van der Waals surface area contributed by atoms with Gasteiger partial charge in [-0.2, -0.15) is 5.26 Å². The molecule has 2 aliphatic carbocycles. The number of hydrogen-bond acceptors (Lipinski definition) is 1. The fraction of sp³-hybridized carbons (Fsp3) is 0.533. The van der Waals surface area contributed by atoms with Gasteiger partial charge in [-0.15, -0.1) is 0 Å². The van der Waals surface area contributed by atoms with Gasteiger partial charge in [-0.3, -0.25) is 0 Å². The van der Waals surface area contributed by atoms with E-state index in [1.807, 2.05) is 6.07 Å². The highest BCUT2D eigenvalue weighted by atomic mass is 35.5. The standard InChI is InChI=1S/C15H15ClFN/c16-13-4-2-11(6-14(13)17)8-15(9-18)7-10-1-3-12(15)5-10/h2,4,6,10,12H,1,3,5,7-8H2. The van der Waals surface area contributed by atoms with Crippen LogP contribution < -0.4 is 0 Å². The van der Waals surface area contributed by atoms with Crippen molar-refractivity contribution < 1.29 is 4.39 Å². The quantitative estimate of drug-likeness (QED) is 0.778. The molecule has 2 saturated carbocycles. The SMILES string of the molecule is N#CC1(Cc2ccc(Cl)c(F)c2)CC2CCC1C2. The first-order chi connectivity index (χ1) is 8.63. The van der Waals surface area contributed by atoms with Crippen LogP contribution in [0.25, 0.3) is 0 Å². The minimum Gasteiger partial charge on any atom is -0.205 e. The summed E-state index contributed by atoms with van der Waals surface area (Å²) in [5, 5.41) is 9.70. The highest BCUT2D eigenvalue weighted by Gasteiger charge is 2.51. The Bertz CT molecular complexity index is 522. The normalized spacial score (nSPS) is 33.6. The Kier molecular flexibility index (Phi) is 2.83. The highest BCUT2D eigenvalue weighted by Crippen LogP contribution is 2.57. The highest BCUT2D eigenvalue weighted by molar-refractivity contribution is 6.30. The Labute approximate surface area is 112 Å². The average molecular weight is 264 g/mol. The van der Waals surface area contributed by atoms with E-state index in [4.69, 9.17) is 11.6 Å². The summed E-state index contributed by atoms with van der Waals surface area (Å²) in [4.78, 5) is 0. The lowest BCUT2D eigenvalue weighted by molar-refractivity contribution is 0.239. The summed E-state index contributed by atoms with van der Waals surface area (Å²) in [6.07, 6.45) is 5.26. The molecule has 3 heteroatoms. The molecule has 2 bridgehead atoms. The fourth-order valence-corrected chi connectivity index (χ4v) is 3.97. The first-order valence-electron chi connectivity index (χ1n) is 6.48. The number of fused-ring (bicyclic) bond motifs is 2. The molecule has 94 valence electrons. The van der Waals surface area contributed by atoms with Gasteiger partial charge in [0.15, 0.2) is 0 Å². The lowest BCUT2D eigenvalue weighted by atomic mass is 9.70. The molecule has 0 N–H and O–H groups in total. The molecule has 0 aromatic heterocycles. The average Bonchev–Trinajstić information content (AvgIpc) is 2.94. The van der Waals surface area contributed by atoms with Crippen LogP contribution in [0.1, 0.15) is 31.2 Å². The molecule has 18 heavy (non-hydrogen) atoms. The van der Waals surface area contributed by atoms with E-state index in [-0.39, 0.29) is 16.3 Å². The summed E-state index contributed by atoms with van der Waals surface area (Å²) in [6, 6.07) is 7.45. The molecule has 3 atom stereocenters. The van der Waals surface area contributed by atoms with Crippen molar-refractivity contribution >= 4 is 11.6 Å². The van der Waals surface area contributed by atoms with Crippen LogP contribution in [0.15, 0.2) is 18.2 Å². The molecule has 0 heterocycles. The smallest absolute Gasteiger partial charge is 0.142 e. The summed E-state index contributed by atoms with van der Waals surface area (Å²) >= 11 is 5.69. The zero-order valence-electron chi connectivity index (χ0n) is 10.1. The van der Waals surface area contributed by atoms with Gasteiger partial charge in [0.25, 0.3) is 0 Å². The molecule has 0 radical (unpaired) electrons. The van der Waals surface area contributed by atoms with Gasteiger partial charge < -0.3 is 0 Å². The molecule has 0 saturated heterocycles. The van der Waals surface area contributed by atoms with E-state index >= 15 is 0 Å². The Hall–Kier alpha value is -1.07. The maximum absolute atomic E-state index is 13.5. The minimum atomic E-state index is -0.384. The van der Waals surface area contributed by atoms with Crippen LogP contribution in [0.5, 0.6) is 0 Å². The van der Waals surface area contributed by atoms with Gasteiger partial charge in [0.2, 0.25) is 0 Å². The number of nitrogens with zero attached hydrogens (tertiary/aromatic N) is 1. The number of nitriles is 1. The van der Waals surface area contributed by atoms with Crippen molar-refractivity contribution in [1.29, 1.82) is 5.26 Å². The third kappa shape index (κ3) is 1.82. The van der Waals surface area contributed by atoms with E-state index in [1.54, 1.807) is 6.07 Å². The number of hydrogen-bond donors (Lipinski definition) is 0. The molecule has 3 unspecified atom stereocenters. The van der Waals surface area contributed by atoms with Crippen LogP contribution in [0, 0.1) is 34.4 Å². The molecule has 0 spiro atoms. The molecule has 2 aliphatic rings. The van der Waals surface area contributed by atoms with Gasteiger partial charge in [-0.05, 0) is 55.2 Å². The van der Waals surface area contributed by atoms with Gasteiger partial charge in [0, 0.05) is 0 Å². The van der Waals surface area contributed by atoms with E-state index < -0.39 is 0 Å². The van der Waals surface area contributed by atoms with Gasteiger partial charge in [0.05, 0.1) is 16.5 Å². The lowest BCUT2D eigenvalue weighted by Crippen LogP contribution is -2.28. The van der Waals surface area contributed by atoms with E-state index in [0.29, 0.717) is 18.3 Å². The summed E-state index contributed by atoms with van der Waals surface area (Å²) in [5.41, 5.74) is 0.634. The lowest BCUT2D eigenvalue weighted by Gasteiger charge is -2.31. The van der Waals surface area contributed by atoms with Gasteiger partial charge in [-0.1, -0.05) is 24.1 Å². The van der Waals surface area contributed by atoms with E-state index in [9.17, 15) is 9.65 Å². The zero-order chi connectivity index (χ0) is 12.8. The molecule has 1 aromatic carbocycles. The van der Waals surface area contributed by atoms with Crippen molar-refractivity contribution in [2.45, 2.75) is 32.1 Å². The fourth-order valence-electron chi connectivity index (χ4n) is 3.85. The molecule has 1 nitrogen and oxygen atoms in total. The van der Waals surface area contributed by atoms with Crippen LogP contribution in [0.4, 0.5) is 4.39 Å². The number of benzene rings is 1. The molecular formula is C15H15ClFN. The number of halogens is 2.